The lowest BCUT2D eigenvalue weighted by Crippen LogP contribution is -2.23. The molecule has 1 saturated carbocycles. The predicted octanol–water partition coefficient (Wildman–Crippen LogP) is 2.33. The minimum absolute atomic E-state index is 0.0130. The van der Waals surface area contributed by atoms with Crippen LogP contribution in [0.1, 0.15) is 39.5 Å². The van der Waals surface area contributed by atoms with Crippen molar-refractivity contribution in [3.05, 3.63) is 6.42 Å². The Morgan fingerprint density at radius 2 is 2.33 bits per heavy atom. The lowest BCUT2D eigenvalue weighted by Gasteiger charge is -2.20. The van der Waals surface area contributed by atoms with E-state index in [4.69, 9.17) is 4.74 Å². The van der Waals surface area contributed by atoms with Crippen LogP contribution in [0.15, 0.2) is 0 Å². The summed E-state index contributed by atoms with van der Waals surface area (Å²) in [6.45, 7) is 3.79. The summed E-state index contributed by atoms with van der Waals surface area (Å²) in [6, 6.07) is 0. The summed E-state index contributed by atoms with van der Waals surface area (Å²) < 4.78 is 5.13. The van der Waals surface area contributed by atoms with Crippen molar-refractivity contribution in [2.45, 2.75) is 45.6 Å². The summed E-state index contributed by atoms with van der Waals surface area (Å²) in [5.74, 6) is 0.127. The second kappa shape index (κ2) is 4.48. The molecule has 1 aliphatic carbocycles. The highest BCUT2D eigenvalue weighted by Crippen LogP contribution is 2.24. The van der Waals surface area contributed by atoms with Gasteiger partial charge in [0.05, 0.1) is 12.0 Å². The van der Waals surface area contributed by atoms with Gasteiger partial charge >= 0.3 is 5.97 Å². The molecule has 2 heteroatoms. The first-order valence-electron chi connectivity index (χ1n) is 4.72. The molecule has 2 nitrogen and oxygen atoms in total. The van der Waals surface area contributed by atoms with E-state index in [0.29, 0.717) is 0 Å². The third-order valence-electron chi connectivity index (χ3n) is 2.10. The summed E-state index contributed by atoms with van der Waals surface area (Å²) in [4.78, 5) is 11.4. The normalized spacial score (nSPS) is 19.6. The van der Waals surface area contributed by atoms with Gasteiger partial charge in [0.1, 0.15) is 0 Å². The Balaban J connectivity index is 2.30. The Labute approximate surface area is 74.3 Å². The van der Waals surface area contributed by atoms with Gasteiger partial charge in [-0.15, -0.1) is 0 Å². The topological polar surface area (TPSA) is 26.3 Å². The Morgan fingerprint density at radius 1 is 1.58 bits per heavy atom. The van der Waals surface area contributed by atoms with Gasteiger partial charge in [-0.2, -0.15) is 0 Å². The van der Waals surface area contributed by atoms with Crippen molar-refractivity contribution in [3.8, 4) is 0 Å². The van der Waals surface area contributed by atoms with Crippen LogP contribution in [0.25, 0.3) is 0 Å². The van der Waals surface area contributed by atoms with E-state index in [1.165, 1.54) is 0 Å². The van der Waals surface area contributed by atoms with Gasteiger partial charge < -0.3 is 4.74 Å². The highest BCUT2D eigenvalue weighted by molar-refractivity contribution is 5.72. The second-order valence-electron chi connectivity index (χ2n) is 3.64. The van der Waals surface area contributed by atoms with E-state index in [2.05, 4.69) is 6.42 Å². The van der Waals surface area contributed by atoms with E-state index in [-0.39, 0.29) is 18.0 Å². The first-order chi connectivity index (χ1) is 5.70. The fourth-order valence-electron chi connectivity index (χ4n) is 1.49. The quantitative estimate of drug-likeness (QED) is 0.593. The number of ether oxygens (including phenoxy) is 1. The largest absolute Gasteiger partial charge is 0.463 e. The molecule has 0 aliphatic heterocycles. The van der Waals surface area contributed by atoms with Gasteiger partial charge in [0.2, 0.25) is 0 Å². The third-order valence-corrected chi connectivity index (χ3v) is 2.10. The fourth-order valence-corrected chi connectivity index (χ4v) is 1.49. The summed E-state index contributed by atoms with van der Waals surface area (Å²) in [7, 11) is 0. The maximum Gasteiger partial charge on any atom is 0.309 e. The highest BCUT2D eigenvalue weighted by atomic mass is 16.5. The van der Waals surface area contributed by atoms with Crippen molar-refractivity contribution >= 4 is 5.97 Å². The molecule has 1 unspecified atom stereocenters. The molecule has 0 N–H and O–H groups in total. The number of rotatable bonds is 2. The number of carbonyl (C=O) groups is 1. The first kappa shape index (κ1) is 9.56. The number of hydrogen-bond donors (Lipinski definition) is 0. The van der Waals surface area contributed by atoms with E-state index in [9.17, 15) is 4.79 Å². The molecule has 0 heterocycles. The van der Waals surface area contributed by atoms with Crippen molar-refractivity contribution in [3.63, 3.8) is 0 Å². The van der Waals surface area contributed by atoms with Gasteiger partial charge in [-0.1, -0.05) is 12.8 Å². The Morgan fingerprint density at radius 3 is 2.83 bits per heavy atom. The van der Waals surface area contributed by atoms with Crippen LogP contribution in [0.3, 0.4) is 0 Å². The van der Waals surface area contributed by atoms with Gasteiger partial charge in [-0.3, -0.25) is 4.79 Å². The van der Waals surface area contributed by atoms with Crippen LogP contribution in [0.2, 0.25) is 0 Å². The molecule has 1 aliphatic rings. The minimum Gasteiger partial charge on any atom is -0.463 e. The molecule has 0 aromatic heterocycles. The Kier molecular flexibility index (Phi) is 3.57. The molecule has 1 rings (SSSR count). The van der Waals surface area contributed by atoms with Crippen molar-refractivity contribution in [1.82, 2.24) is 0 Å². The van der Waals surface area contributed by atoms with Crippen LogP contribution < -0.4 is 0 Å². The number of carbonyl (C=O) groups excluding carboxylic acids is 1. The van der Waals surface area contributed by atoms with Gasteiger partial charge in [0, 0.05) is 0 Å². The molecule has 1 atom stereocenters. The van der Waals surface area contributed by atoms with Gasteiger partial charge in [-0.25, -0.2) is 0 Å². The predicted molar refractivity (Wildman–Crippen MR) is 47.5 cm³/mol. The van der Waals surface area contributed by atoms with Crippen LogP contribution in [-0.2, 0) is 9.53 Å². The smallest absolute Gasteiger partial charge is 0.309 e. The summed E-state index contributed by atoms with van der Waals surface area (Å²) in [6.07, 6.45) is 6.42. The molecule has 0 bridgehead atoms. The monoisotopic (exact) mass is 169 g/mol. The first-order valence-corrected chi connectivity index (χ1v) is 4.72. The van der Waals surface area contributed by atoms with Gasteiger partial charge in [0.15, 0.2) is 0 Å². The maximum atomic E-state index is 11.4. The van der Waals surface area contributed by atoms with Crippen LogP contribution in [-0.4, -0.2) is 12.1 Å². The lowest BCUT2D eigenvalue weighted by atomic mass is 9.89. The summed E-state index contributed by atoms with van der Waals surface area (Å²) >= 11 is 0. The lowest BCUT2D eigenvalue weighted by molar-refractivity contribution is -0.153. The molecule has 0 spiro atoms. The number of hydrogen-bond acceptors (Lipinski definition) is 2. The Bertz CT molecular complexity index is 146. The molecular formula is C10H17O2. The number of esters is 1. The zero-order chi connectivity index (χ0) is 8.97. The van der Waals surface area contributed by atoms with E-state index >= 15 is 0 Å². The highest BCUT2D eigenvalue weighted by Gasteiger charge is 2.22. The van der Waals surface area contributed by atoms with Crippen molar-refractivity contribution in [2.24, 2.45) is 5.92 Å². The van der Waals surface area contributed by atoms with Gasteiger partial charge in [-0.05, 0) is 33.1 Å². The zero-order valence-corrected chi connectivity index (χ0v) is 7.88. The minimum atomic E-state index is -0.0130. The summed E-state index contributed by atoms with van der Waals surface area (Å²) in [5.41, 5.74) is 0. The maximum absolute atomic E-state index is 11.4. The SMILES string of the molecule is CC(C)OC(=O)C1C[CH]CCC1. The van der Waals surface area contributed by atoms with Crippen molar-refractivity contribution in [1.29, 1.82) is 0 Å². The van der Waals surface area contributed by atoms with Crippen LogP contribution >= 0.6 is 0 Å². The van der Waals surface area contributed by atoms with Crippen molar-refractivity contribution < 1.29 is 9.53 Å². The van der Waals surface area contributed by atoms with Crippen LogP contribution in [0.5, 0.6) is 0 Å². The molecule has 0 aromatic carbocycles. The van der Waals surface area contributed by atoms with E-state index in [0.717, 1.165) is 25.7 Å². The molecule has 0 aromatic rings. The molecule has 0 amide bonds. The zero-order valence-electron chi connectivity index (χ0n) is 7.88. The van der Waals surface area contributed by atoms with E-state index in [1.807, 2.05) is 13.8 Å². The molecule has 1 radical (unpaired) electrons. The van der Waals surface area contributed by atoms with E-state index in [1.54, 1.807) is 0 Å². The molecule has 1 fully saturated rings. The van der Waals surface area contributed by atoms with Crippen molar-refractivity contribution in [2.75, 3.05) is 0 Å². The van der Waals surface area contributed by atoms with E-state index < -0.39 is 0 Å². The second-order valence-corrected chi connectivity index (χ2v) is 3.64. The molecule has 0 saturated heterocycles. The average molecular weight is 169 g/mol. The van der Waals surface area contributed by atoms with Crippen LogP contribution in [0, 0.1) is 12.3 Å². The van der Waals surface area contributed by atoms with Gasteiger partial charge in [0.25, 0.3) is 0 Å². The third kappa shape index (κ3) is 2.84. The molecular weight excluding hydrogens is 152 g/mol. The Hall–Kier alpha value is -0.530. The molecule has 12 heavy (non-hydrogen) atoms. The summed E-state index contributed by atoms with van der Waals surface area (Å²) in [5, 5.41) is 0. The molecule has 69 valence electrons. The standard InChI is InChI=1S/C10H17O2/c1-8(2)12-10(11)9-6-4-3-5-7-9/h4,8-9H,3,5-7H2,1-2H3. The fraction of sp³-hybridized carbons (Fsp3) is 0.800. The average Bonchev–Trinajstić information content (AvgIpc) is 2.05. The van der Waals surface area contributed by atoms with Crippen LogP contribution in [0.4, 0.5) is 0 Å².